The number of primary amides is 1. The smallest absolute Gasteiger partial charge is 0.247 e. The van der Waals surface area contributed by atoms with Gasteiger partial charge < -0.3 is 16.6 Å². The second-order valence-corrected chi connectivity index (χ2v) is 3.19. The van der Waals surface area contributed by atoms with Crippen LogP contribution in [0.15, 0.2) is 0 Å². The van der Waals surface area contributed by atoms with Gasteiger partial charge >= 0.3 is 0 Å². The molecule has 1 fully saturated rings. The van der Waals surface area contributed by atoms with Gasteiger partial charge in [0.2, 0.25) is 5.91 Å². The van der Waals surface area contributed by atoms with E-state index in [-0.39, 0.29) is 12.4 Å². The summed E-state index contributed by atoms with van der Waals surface area (Å²) in [5.74, 6) is -0.114. The lowest BCUT2D eigenvalue weighted by atomic mass is 10.1. The molecular formula is C7H15ClN2O2. The van der Waals surface area contributed by atoms with Crippen molar-refractivity contribution in [3.63, 3.8) is 0 Å². The van der Waals surface area contributed by atoms with Crippen LogP contribution in [0.4, 0.5) is 0 Å². The molecule has 1 rings (SSSR count). The quantitative estimate of drug-likeness (QED) is 0.558. The Morgan fingerprint density at radius 3 is 2.42 bits per heavy atom. The first-order chi connectivity index (χ1) is 5.11. The van der Waals surface area contributed by atoms with Crippen LogP contribution in [-0.2, 0) is 4.79 Å². The van der Waals surface area contributed by atoms with E-state index in [1.165, 1.54) is 12.8 Å². The van der Waals surface area contributed by atoms with E-state index < -0.39 is 18.1 Å². The predicted octanol–water partition coefficient (Wildman–Crippen LogP) is -0.618. The number of carbonyl (C=O) groups is 1. The van der Waals surface area contributed by atoms with Crippen LogP contribution in [0.3, 0.4) is 0 Å². The van der Waals surface area contributed by atoms with Crippen LogP contribution in [-0.4, -0.2) is 23.2 Å². The number of carbonyl (C=O) groups excluding carboxylic acids is 1. The topological polar surface area (TPSA) is 89.3 Å². The summed E-state index contributed by atoms with van der Waals surface area (Å²) in [5, 5.41) is 9.07. The van der Waals surface area contributed by atoms with E-state index in [0.29, 0.717) is 12.3 Å². The lowest BCUT2D eigenvalue weighted by Gasteiger charge is -2.14. The van der Waals surface area contributed by atoms with Gasteiger partial charge in [-0.3, -0.25) is 4.79 Å². The molecule has 0 aliphatic heterocycles. The second kappa shape index (κ2) is 4.64. The maximum absolute atomic E-state index is 10.4. The highest BCUT2D eigenvalue weighted by molar-refractivity contribution is 5.85. The van der Waals surface area contributed by atoms with Crippen LogP contribution in [0, 0.1) is 5.92 Å². The number of rotatable bonds is 4. The third-order valence-corrected chi connectivity index (χ3v) is 2.00. The maximum Gasteiger partial charge on any atom is 0.247 e. The van der Waals surface area contributed by atoms with Crippen molar-refractivity contribution in [2.45, 2.75) is 31.4 Å². The fourth-order valence-electron chi connectivity index (χ4n) is 1.08. The molecule has 0 bridgehead atoms. The van der Waals surface area contributed by atoms with E-state index in [0.717, 1.165) is 0 Å². The zero-order valence-corrected chi connectivity index (χ0v) is 7.59. The molecule has 2 unspecified atom stereocenters. The Hall–Kier alpha value is -0.320. The van der Waals surface area contributed by atoms with Crippen molar-refractivity contribution in [3.05, 3.63) is 0 Å². The van der Waals surface area contributed by atoms with Crippen molar-refractivity contribution in [2.75, 3.05) is 0 Å². The third kappa shape index (κ3) is 3.38. The minimum Gasteiger partial charge on any atom is -0.382 e. The average Bonchev–Trinajstić information content (AvgIpc) is 2.69. The van der Waals surface area contributed by atoms with Crippen LogP contribution in [0.1, 0.15) is 19.3 Å². The van der Waals surface area contributed by atoms with Gasteiger partial charge in [0, 0.05) is 6.04 Å². The highest BCUT2D eigenvalue weighted by atomic mass is 35.5. The number of hydrogen-bond acceptors (Lipinski definition) is 3. The molecule has 0 aromatic heterocycles. The molecule has 0 saturated heterocycles. The minimum absolute atomic E-state index is 0. The van der Waals surface area contributed by atoms with E-state index in [4.69, 9.17) is 16.6 Å². The summed E-state index contributed by atoms with van der Waals surface area (Å²) in [6.45, 7) is 0. The van der Waals surface area contributed by atoms with Gasteiger partial charge in [-0.2, -0.15) is 0 Å². The van der Waals surface area contributed by atoms with E-state index in [9.17, 15) is 4.79 Å². The van der Waals surface area contributed by atoms with Gasteiger partial charge in [0.25, 0.3) is 0 Å². The fourth-order valence-corrected chi connectivity index (χ4v) is 1.08. The van der Waals surface area contributed by atoms with Gasteiger partial charge in [0.15, 0.2) is 0 Å². The van der Waals surface area contributed by atoms with Gasteiger partial charge in [-0.05, 0) is 12.3 Å². The van der Waals surface area contributed by atoms with Crippen LogP contribution in [0.2, 0.25) is 0 Å². The van der Waals surface area contributed by atoms with Crippen LogP contribution < -0.4 is 11.5 Å². The van der Waals surface area contributed by atoms with Crippen LogP contribution in [0.5, 0.6) is 0 Å². The summed E-state index contributed by atoms with van der Waals surface area (Å²) in [5.41, 5.74) is 10.4. The standard InChI is InChI=1S/C7H14N2O2.ClH/c8-5(3-4-1-2-4)6(10)7(9)11;/h4-6,10H,1-3,8H2,(H2,9,11);1H. The predicted molar refractivity (Wildman–Crippen MR) is 47.8 cm³/mol. The molecule has 5 heteroatoms. The van der Waals surface area contributed by atoms with E-state index in [1.807, 2.05) is 0 Å². The lowest BCUT2D eigenvalue weighted by molar-refractivity contribution is -0.127. The highest BCUT2D eigenvalue weighted by Crippen LogP contribution is 2.33. The Balaban J connectivity index is 0.00000121. The SMILES string of the molecule is Cl.NC(=O)C(O)C(N)CC1CC1. The molecule has 1 aliphatic rings. The van der Waals surface area contributed by atoms with Crippen molar-refractivity contribution >= 4 is 18.3 Å². The van der Waals surface area contributed by atoms with Crippen LogP contribution in [0.25, 0.3) is 0 Å². The maximum atomic E-state index is 10.4. The van der Waals surface area contributed by atoms with Crippen LogP contribution >= 0.6 is 12.4 Å². The largest absolute Gasteiger partial charge is 0.382 e. The minimum atomic E-state index is -1.17. The molecule has 0 aromatic carbocycles. The molecule has 0 radical (unpaired) electrons. The van der Waals surface area contributed by atoms with Crippen molar-refractivity contribution in [2.24, 2.45) is 17.4 Å². The average molecular weight is 195 g/mol. The second-order valence-electron chi connectivity index (χ2n) is 3.19. The fraction of sp³-hybridized carbons (Fsp3) is 0.857. The zero-order valence-electron chi connectivity index (χ0n) is 6.77. The first-order valence-electron chi connectivity index (χ1n) is 3.84. The Morgan fingerprint density at radius 1 is 1.58 bits per heavy atom. The molecule has 0 spiro atoms. The van der Waals surface area contributed by atoms with Gasteiger partial charge in [0.1, 0.15) is 6.10 Å². The first kappa shape index (κ1) is 11.7. The molecule has 4 nitrogen and oxygen atoms in total. The van der Waals surface area contributed by atoms with Crippen molar-refractivity contribution in [1.82, 2.24) is 0 Å². The van der Waals surface area contributed by atoms with Gasteiger partial charge in [-0.25, -0.2) is 0 Å². The van der Waals surface area contributed by atoms with E-state index in [1.54, 1.807) is 0 Å². The molecule has 1 aliphatic carbocycles. The third-order valence-electron chi connectivity index (χ3n) is 2.00. The van der Waals surface area contributed by atoms with E-state index >= 15 is 0 Å². The highest BCUT2D eigenvalue weighted by Gasteiger charge is 2.29. The zero-order chi connectivity index (χ0) is 8.43. The summed E-state index contributed by atoms with van der Waals surface area (Å²) in [6, 6.07) is -0.472. The van der Waals surface area contributed by atoms with Crippen molar-refractivity contribution in [3.8, 4) is 0 Å². The lowest BCUT2D eigenvalue weighted by Crippen LogP contribution is -2.44. The Kier molecular flexibility index (Phi) is 4.52. The van der Waals surface area contributed by atoms with Crippen molar-refractivity contribution in [1.29, 1.82) is 0 Å². The molecule has 1 amide bonds. The molecule has 0 aromatic rings. The molecule has 1 saturated carbocycles. The molecule has 5 N–H and O–H groups in total. The summed E-state index contributed by atoms with van der Waals surface area (Å²) < 4.78 is 0. The number of amides is 1. The number of nitrogens with two attached hydrogens (primary N) is 2. The number of hydrogen-bond donors (Lipinski definition) is 3. The summed E-state index contributed by atoms with van der Waals surface area (Å²) >= 11 is 0. The van der Waals surface area contributed by atoms with Gasteiger partial charge in [-0.15, -0.1) is 12.4 Å². The Morgan fingerprint density at radius 2 is 2.08 bits per heavy atom. The molecular weight excluding hydrogens is 180 g/mol. The number of aliphatic hydroxyl groups is 1. The molecule has 0 heterocycles. The number of halogens is 1. The summed E-state index contributed by atoms with van der Waals surface area (Å²) in [6.07, 6.45) is 1.87. The number of aliphatic hydroxyl groups excluding tert-OH is 1. The van der Waals surface area contributed by atoms with E-state index in [2.05, 4.69) is 0 Å². The van der Waals surface area contributed by atoms with Crippen molar-refractivity contribution < 1.29 is 9.90 Å². The summed E-state index contributed by atoms with van der Waals surface area (Å²) in [7, 11) is 0. The monoisotopic (exact) mass is 194 g/mol. The Bertz CT molecular complexity index is 161. The van der Waals surface area contributed by atoms with Gasteiger partial charge in [0.05, 0.1) is 0 Å². The first-order valence-corrected chi connectivity index (χ1v) is 3.84. The summed E-state index contributed by atoms with van der Waals surface area (Å²) in [4.78, 5) is 10.4. The van der Waals surface area contributed by atoms with Gasteiger partial charge in [-0.1, -0.05) is 12.8 Å². The normalized spacial score (nSPS) is 20.8. The molecule has 2 atom stereocenters. The molecule has 12 heavy (non-hydrogen) atoms. The Labute approximate surface area is 77.7 Å². The molecule has 72 valence electrons.